The van der Waals surface area contributed by atoms with Gasteiger partial charge in [0.05, 0.1) is 17.8 Å². The van der Waals surface area contributed by atoms with Crippen molar-refractivity contribution in [3.8, 4) is 0 Å². The van der Waals surface area contributed by atoms with Crippen LogP contribution in [0.4, 0.5) is 9.93 Å². The van der Waals surface area contributed by atoms with Crippen LogP contribution in [0.1, 0.15) is 52.1 Å². The van der Waals surface area contributed by atoms with E-state index in [0.29, 0.717) is 16.8 Å². The minimum absolute atomic E-state index is 0.000794. The Balaban J connectivity index is 1.36. The van der Waals surface area contributed by atoms with Gasteiger partial charge >= 0.3 is 6.03 Å². The Morgan fingerprint density at radius 3 is 2.88 bits per heavy atom. The lowest BCUT2D eigenvalue weighted by atomic mass is 9.93. The maximum absolute atomic E-state index is 12.1. The molecular formula is C17H26N4O2S2. The summed E-state index contributed by atoms with van der Waals surface area (Å²) >= 11 is 3.40. The third-order valence-corrected chi connectivity index (χ3v) is 6.87. The number of thiazole rings is 1. The van der Waals surface area contributed by atoms with Crippen molar-refractivity contribution < 1.29 is 9.59 Å². The first-order valence-electron chi connectivity index (χ1n) is 8.77. The van der Waals surface area contributed by atoms with E-state index in [2.05, 4.69) is 41.7 Å². The highest BCUT2D eigenvalue weighted by Crippen LogP contribution is 2.33. The first-order valence-corrected chi connectivity index (χ1v) is 10.7. The second kappa shape index (κ2) is 7.53. The van der Waals surface area contributed by atoms with Crippen molar-refractivity contribution >= 4 is 40.2 Å². The van der Waals surface area contributed by atoms with Crippen LogP contribution in [0.2, 0.25) is 0 Å². The van der Waals surface area contributed by atoms with E-state index in [1.807, 2.05) is 17.1 Å². The van der Waals surface area contributed by atoms with Crippen molar-refractivity contribution in [1.29, 1.82) is 0 Å². The van der Waals surface area contributed by atoms with E-state index in [1.165, 1.54) is 11.3 Å². The molecule has 2 aliphatic heterocycles. The number of carbonyl (C=O) groups excluding carboxylic acids is 2. The first-order chi connectivity index (χ1) is 11.8. The van der Waals surface area contributed by atoms with E-state index >= 15 is 0 Å². The summed E-state index contributed by atoms with van der Waals surface area (Å²) in [6.07, 6.45) is 3.40. The van der Waals surface area contributed by atoms with Gasteiger partial charge in [-0.3, -0.25) is 4.79 Å². The van der Waals surface area contributed by atoms with Gasteiger partial charge in [0.15, 0.2) is 5.13 Å². The number of aromatic nitrogens is 1. The number of unbranched alkanes of at least 4 members (excludes halogenated alkanes) is 1. The number of hydrogen-bond donors (Lipinski definition) is 3. The molecule has 0 unspecified atom stereocenters. The number of nitrogens with zero attached hydrogens (tertiary/aromatic N) is 1. The number of nitrogens with one attached hydrogen (secondary N) is 3. The molecule has 0 saturated carbocycles. The summed E-state index contributed by atoms with van der Waals surface area (Å²) in [5, 5.41) is 12.0. The van der Waals surface area contributed by atoms with Gasteiger partial charge in [-0.2, -0.15) is 11.8 Å². The van der Waals surface area contributed by atoms with Crippen molar-refractivity contribution in [3.05, 3.63) is 11.1 Å². The Morgan fingerprint density at radius 1 is 1.36 bits per heavy atom. The fourth-order valence-corrected chi connectivity index (χ4v) is 5.63. The van der Waals surface area contributed by atoms with Gasteiger partial charge in [0.2, 0.25) is 5.91 Å². The Labute approximate surface area is 156 Å². The molecule has 3 amide bonds. The standard InChI is InChI=1S/C17H26N4O2S2/c1-17(2,3)12-9-25-16(19-12)20-13(22)7-5-4-6-11-14-10(8-24-11)18-15(23)21-14/h9-11,14H,4-8H2,1-3H3,(H2,18,21,23)(H,19,20,22)/t10-,11-,14+/m0/s1. The summed E-state index contributed by atoms with van der Waals surface area (Å²) in [7, 11) is 0. The lowest BCUT2D eigenvalue weighted by Gasteiger charge is -2.16. The van der Waals surface area contributed by atoms with Crippen molar-refractivity contribution in [1.82, 2.24) is 15.6 Å². The molecule has 0 aliphatic carbocycles. The van der Waals surface area contributed by atoms with Crippen LogP contribution in [0.3, 0.4) is 0 Å². The van der Waals surface area contributed by atoms with E-state index in [4.69, 9.17) is 0 Å². The lowest BCUT2D eigenvalue weighted by Crippen LogP contribution is -2.36. The monoisotopic (exact) mass is 382 g/mol. The van der Waals surface area contributed by atoms with E-state index < -0.39 is 0 Å². The number of anilines is 1. The topological polar surface area (TPSA) is 83.1 Å². The van der Waals surface area contributed by atoms with Gasteiger partial charge in [-0.15, -0.1) is 11.3 Å². The molecule has 0 aromatic carbocycles. The zero-order chi connectivity index (χ0) is 18.0. The van der Waals surface area contributed by atoms with Crippen molar-refractivity contribution in [2.75, 3.05) is 11.1 Å². The third-order valence-electron chi connectivity index (χ3n) is 4.60. The number of rotatable bonds is 6. The van der Waals surface area contributed by atoms with Crippen LogP contribution in [-0.4, -0.2) is 40.0 Å². The van der Waals surface area contributed by atoms with E-state index in [-0.39, 0.29) is 29.4 Å². The molecule has 25 heavy (non-hydrogen) atoms. The smallest absolute Gasteiger partial charge is 0.315 e. The predicted octanol–water partition coefficient (Wildman–Crippen LogP) is 3.10. The maximum atomic E-state index is 12.1. The fourth-order valence-electron chi connectivity index (χ4n) is 3.13. The highest BCUT2D eigenvalue weighted by atomic mass is 32.2. The summed E-state index contributed by atoms with van der Waals surface area (Å²) in [4.78, 5) is 27.9. The molecule has 0 bridgehead atoms. The number of thioether (sulfide) groups is 1. The van der Waals surface area contributed by atoms with Crippen molar-refractivity contribution in [3.63, 3.8) is 0 Å². The molecule has 3 atom stereocenters. The molecule has 138 valence electrons. The number of urea groups is 1. The van der Waals surface area contributed by atoms with Crippen LogP contribution < -0.4 is 16.0 Å². The number of amides is 3. The van der Waals surface area contributed by atoms with Gasteiger partial charge in [0.25, 0.3) is 0 Å². The number of fused-ring (bicyclic) bond motifs is 1. The van der Waals surface area contributed by atoms with E-state index in [1.54, 1.807) is 0 Å². The summed E-state index contributed by atoms with van der Waals surface area (Å²) in [5.74, 6) is 1.01. The van der Waals surface area contributed by atoms with Gasteiger partial charge in [-0.25, -0.2) is 9.78 Å². The SMILES string of the molecule is CC(C)(C)c1csc(NC(=O)CCCC[C@@H]2SC[C@@H]3NC(=O)N[C@H]32)n1. The predicted molar refractivity (Wildman–Crippen MR) is 103 cm³/mol. The van der Waals surface area contributed by atoms with Crippen LogP contribution in [-0.2, 0) is 10.2 Å². The fraction of sp³-hybridized carbons (Fsp3) is 0.706. The molecule has 1 aromatic heterocycles. The molecule has 0 radical (unpaired) electrons. The molecular weight excluding hydrogens is 356 g/mol. The minimum atomic E-state index is -0.0437. The van der Waals surface area contributed by atoms with Gasteiger partial charge in [0.1, 0.15) is 0 Å². The molecule has 3 heterocycles. The Bertz CT molecular complexity index is 641. The van der Waals surface area contributed by atoms with Gasteiger partial charge in [0, 0.05) is 28.2 Å². The molecule has 6 nitrogen and oxygen atoms in total. The van der Waals surface area contributed by atoms with Gasteiger partial charge in [-0.05, 0) is 12.8 Å². The summed E-state index contributed by atoms with van der Waals surface area (Å²) < 4.78 is 0. The Kier molecular flexibility index (Phi) is 5.58. The maximum Gasteiger partial charge on any atom is 0.315 e. The summed E-state index contributed by atoms with van der Waals surface area (Å²) in [5.41, 5.74) is 1.01. The second-order valence-electron chi connectivity index (χ2n) is 7.70. The van der Waals surface area contributed by atoms with E-state index in [9.17, 15) is 9.59 Å². The van der Waals surface area contributed by atoms with Crippen LogP contribution in [0.25, 0.3) is 0 Å². The van der Waals surface area contributed by atoms with Gasteiger partial charge < -0.3 is 16.0 Å². The molecule has 2 fully saturated rings. The average molecular weight is 383 g/mol. The van der Waals surface area contributed by atoms with Crippen LogP contribution in [0.15, 0.2) is 5.38 Å². The second-order valence-corrected chi connectivity index (χ2v) is 9.83. The third kappa shape index (κ3) is 4.67. The normalized spacial score (nSPS) is 25.4. The largest absolute Gasteiger partial charge is 0.332 e. The van der Waals surface area contributed by atoms with Crippen LogP contribution in [0.5, 0.6) is 0 Å². The first kappa shape index (κ1) is 18.5. The van der Waals surface area contributed by atoms with Gasteiger partial charge in [-0.1, -0.05) is 27.2 Å². The summed E-state index contributed by atoms with van der Waals surface area (Å²) in [6.45, 7) is 6.34. The molecule has 3 rings (SSSR count). The molecule has 3 N–H and O–H groups in total. The van der Waals surface area contributed by atoms with E-state index in [0.717, 1.165) is 30.7 Å². The zero-order valence-corrected chi connectivity index (χ0v) is 16.6. The Hall–Kier alpha value is -1.28. The molecule has 0 spiro atoms. The number of hydrogen-bond acceptors (Lipinski definition) is 5. The molecule has 2 aliphatic rings. The highest BCUT2D eigenvalue weighted by molar-refractivity contribution is 8.00. The Morgan fingerprint density at radius 2 is 2.16 bits per heavy atom. The van der Waals surface area contributed by atoms with Crippen LogP contribution in [0, 0.1) is 0 Å². The highest BCUT2D eigenvalue weighted by Gasteiger charge is 2.42. The molecule has 1 aromatic rings. The lowest BCUT2D eigenvalue weighted by molar-refractivity contribution is -0.116. The number of carbonyl (C=O) groups is 2. The molecule has 2 saturated heterocycles. The van der Waals surface area contributed by atoms with Crippen LogP contribution >= 0.6 is 23.1 Å². The quantitative estimate of drug-likeness (QED) is 0.521. The van der Waals surface area contributed by atoms with Crippen molar-refractivity contribution in [2.24, 2.45) is 0 Å². The van der Waals surface area contributed by atoms with Crippen molar-refractivity contribution in [2.45, 2.75) is 69.2 Å². The zero-order valence-electron chi connectivity index (χ0n) is 14.9. The average Bonchev–Trinajstić information content (AvgIpc) is 3.19. The minimum Gasteiger partial charge on any atom is -0.332 e. The molecule has 8 heteroatoms. The summed E-state index contributed by atoms with van der Waals surface area (Å²) in [6, 6.07) is 0.475.